The number of hydrogen-bond donors (Lipinski definition) is 0. The molecule has 4 rings (SSSR count). The van der Waals surface area contributed by atoms with E-state index in [4.69, 9.17) is 8.83 Å². The summed E-state index contributed by atoms with van der Waals surface area (Å²) in [6, 6.07) is 19.7. The highest BCUT2D eigenvalue weighted by Gasteiger charge is 2.19. The highest BCUT2D eigenvalue weighted by Crippen LogP contribution is 2.27. The number of carbonyl (C=O) groups excluding carboxylic acids is 1. The molecule has 1 amide bonds. The van der Waals surface area contributed by atoms with E-state index in [0.717, 1.165) is 22.4 Å². The summed E-state index contributed by atoms with van der Waals surface area (Å²) in [4.78, 5) is 14.9. The van der Waals surface area contributed by atoms with Crippen LogP contribution in [0.15, 0.2) is 81.0 Å². The molecule has 2 heterocycles. The lowest BCUT2D eigenvalue weighted by atomic mass is 10.1. The molecule has 152 valence electrons. The number of aryl methyl sites for hydroxylation is 2. The van der Waals surface area contributed by atoms with E-state index in [1.54, 1.807) is 17.2 Å². The number of rotatable bonds is 7. The molecule has 0 saturated carbocycles. The van der Waals surface area contributed by atoms with Crippen molar-refractivity contribution in [2.75, 3.05) is 10.7 Å². The zero-order chi connectivity index (χ0) is 20.9. The molecule has 0 spiro atoms. The average Bonchev–Trinajstić information content (AvgIpc) is 3.39. The Labute approximate surface area is 178 Å². The second-order valence-electron chi connectivity index (χ2n) is 6.86. The lowest BCUT2D eigenvalue weighted by molar-refractivity contribution is -0.116. The number of furan rings is 1. The molecule has 4 aromatic rings. The zero-order valence-corrected chi connectivity index (χ0v) is 17.6. The van der Waals surface area contributed by atoms with Crippen molar-refractivity contribution in [1.29, 1.82) is 0 Å². The Morgan fingerprint density at radius 3 is 2.60 bits per heavy atom. The summed E-state index contributed by atoms with van der Waals surface area (Å²) in [7, 11) is 0. The minimum absolute atomic E-state index is 0.0336. The number of benzene rings is 2. The number of thioether (sulfide) groups is 1. The van der Waals surface area contributed by atoms with Gasteiger partial charge < -0.3 is 13.7 Å². The van der Waals surface area contributed by atoms with Crippen molar-refractivity contribution in [2.45, 2.75) is 25.6 Å². The summed E-state index contributed by atoms with van der Waals surface area (Å²) in [6.07, 6.45) is 1.58. The summed E-state index contributed by atoms with van der Waals surface area (Å²) in [5, 5.41) is 8.46. The first-order chi connectivity index (χ1) is 14.6. The van der Waals surface area contributed by atoms with E-state index in [0.29, 0.717) is 23.4 Å². The molecule has 7 heteroatoms. The van der Waals surface area contributed by atoms with Gasteiger partial charge >= 0.3 is 0 Å². The molecule has 0 atom stereocenters. The highest BCUT2D eigenvalue weighted by molar-refractivity contribution is 7.99. The standard InChI is InChI=1S/C23H21N3O3S/c1-16-7-6-10-19(13-16)26(14-18-8-4-3-5-9-18)21(27)15-30-23-25-24-22(29-23)20-11-12-28-17(20)2/h3-13H,14-15H2,1-2H3. The monoisotopic (exact) mass is 419 g/mol. The molecule has 2 aromatic carbocycles. The number of carbonyl (C=O) groups is 1. The Morgan fingerprint density at radius 1 is 1.03 bits per heavy atom. The summed E-state index contributed by atoms with van der Waals surface area (Å²) in [5.41, 5.74) is 3.78. The van der Waals surface area contributed by atoms with Crippen molar-refractivity contribution in [1.82, 2.24) is 10.2 Å². The van der Waals surface area contributed by atoms with Crippen LogP contribution in [-0.2, 0) is 11.3 Å². The van der Waals surface area contributed by atoms with E-state index in [1.807, 2.05) is 68.4 Å². The molecule has 6 nitrogen and oxygen atoms in total. The van der Waals surface area contributed by atoms with E-state index in [9.17, 15) is 4.79 Å². The number of anilines is 1. The fraction of sp³-hybridized carbons (Fsp3) is 0.174. The zero-order valence-electron chi connectivity index (χ0n) is 16.7. The lowest BCUT2D eigenvalue weighted by Crippen LogP contribution is -2.32. The van der Waals surface area contributed by atoms with Gasteiger partial charge in [-0.2, -0.15) is 0 Å². The number of hydrogen-bond acceptors (Lipinski definition) is 6. The van der Waals surface area contributed by atoms with Gasteiger partial charge in [-0.15, -0.1) is 10.2 Å². The highest BCUT2D eigenvalue weighted by atomic mass is 32.2. The third-order valence-electron chi connectivity index (χ3n) is 4.61. The molecular weight excluding hydrogens is 398 g/mol. The van der Waals surface area contributed by atoms with Gasteiger partial charge in [0.15, 0.2) is 0 Å². The van der Waals surface area contributed by atoms with Crippen LogP contribution in [0.5, 0.6) is 0 Å². The van der Waals surface area contributed by atoms with Gasteiger partial charge in [-0.3, -0.25) is 4.79 Å². The molecule has 0 aliphatic carbocycles. The molecular formula is C23H21N3O3S. The quantitative estimate of drug-likeness (QED) is 0.380. The molecule has 2 aromatic heterocycles. The van der Waals surface area contributed by atoms with Crippen LogP contribution in [0, 0.1) is 13.8 Å². The van der Waals surface area contributed by atoms with Gasteiger partial charge in [0, 0.05) is 5.69 Å². The van der Waals surface area contributed by atoms with Gasteiger partial charge in [-0.1, -0.05) is 54.2 Å². The van der Waals surface area contributed by atoms with Crippen molar-refractivity contribution in [3.8, 4) is 11.5 Å². The van der Waals surface area contributed by atoms with Gasteiger partial charge in [0.1, 0.15) is 5.76 Å². The first-order valence-electron chi connectivity index (χ1n) is 9.52. The summed E-state index contributed by atoms with van der Waals surface area (Å²) >= 11 is 1.23. The van der Waals surface area contributed by atoms with Gasteiger partial charge in [-0.25, -0.2) is 0 Å². The third-order valence-corrected chi connectivity index (χ3v) is 5.42. The Balaban J connectivity index is 1.49. The van der Waals surface area contributed by atoms with Crippen LogP contribution >= 0.6 is 11.8 Å². The summed E-state index contributed by atoms with van der Waals surface area (Å²) < 4.78 is 11.0. The lowest BCUT2D eigenvalue weighted by Gasteiger charge is -2.23. The van der Waals surface area contributed by atoms with Crippen molar-refractivity contribution in [3.05, 3.63) is 83.8 Å². The minimum atomic E-state index is -0.0336. The first kappa shape index (κ1) is 20.0. The second-order valence-corrected chi connectivity index (χ2v) is 7.78. The molecule has 0 unspecified atom stereocenters. The maximum atomic E-state index is 13.1. The Hall–Kier alpha value is -3.32. The van der Waals surface area contributed by atoms with E-state index >= 15 is 0 Å². The maximum absolute atomic E-state index is 13.1. The number of aromatic nitrogens is 2. The van der Waals surface area contributed by atoms with Crippen LogP contribution in [0.1, 0.15) is 16.9 Å². The topological polar surface area (TPSA) is 72.4 Å². The normalized spacial score (nSPS) is 10.9. The number of nitrogens with zero attached hydrogens (tertiary/aromatic N) is 3. The van der Waals surface area contributed by atoms with E-state index in [1.165, 1.54) is 11.8 Å². The predicted octanol–water partition coefficient (Wildman–Crippen LogP) is 5.27. The van der Waals surface area contributed by atoms with Crippen molar-refractivity contribution in [3.63, 3.8) is 0 Å². The molecule has 0 aliphatic rings. The minimum Gasteiger partial charge on any atom is -0.469 e. The molecule has 30 heavy (non-hydrogen) atoms. The number of amides is 1. The molecule has 0 aliphatic heterocycles. The van der Waals surface area contributed by atoms with Crippen LogP contribution in [0.3, 0.4) is 0 Å². The average molecular weight is 420 g/mol. The SMILES string of the molecule is Cc1cccc(N(Cc2ccccc2)C(=O)CSc2nnc(-c3ccoc3C)o2)c1. The summed E-state index contributed by atoms with van der Waals surface area (Å²) in [6.45, 7) is 4.34. The largest absolute Gasteiger partial charge is 0.469 e. The van der Waals surface area contributed by atoms with Crippen LogP contribution in [0.2, 0.25) is 0 Å². The van der Waals surface area contributed by atoms with Crippen LogP contribution in [-0.4, -0.2) is 21.9 Å². The van der Waals surface area contributed by atoms with E-state index < -0.39 is 0 Å². The van der Waals surface area contributed by atoms with Crippen LogP contribution in [0.4, 0.5) is 5.69 Å². The Morgan fingerprint density at radius 2 is 1.87 bits per heavy atom. The molecule has 0 N–H and O–H groups in total. The van der Waals surface area contributed by atoms with E-state index in [-0.39, 0.29) is 11.7 Å². The second kappa shape index (κ2) is 9.00. The third kappa shape index (κ3) is 4.63. The van der Waals surface area contributed by atoms with Gasteiger partial charge in [0.05, 0.1) is 24.1 Å². The van der Waals surface area contributed by atoms with Gasteiger partial charge in [-0.05, 0) is 43.2 Å². The van der Waals surface area contributed by atoms with Gasteiger partial charge in [0.25, 0.3) is 11.1 Å². The predicted molar refractivity (Wildman–Crippen MR) is 116 cm³/mol. The maximum Gasteiger partial charge on any atom is 0.277 e. The first-order valence-corrected chi connectivity index (χ1v) is 10.5. The van der Waals surface area contributed by atoms with Crippen LogP contribution < -0.4 is 4.90 Å². The Kier molecular flexibility index (Phi) is 5.99. The fourth-order valence-electron chi connectivity index (χ4n) is 3.07. The van der Waals surface area contributed by atoms with E-state index in [2.05, 4.69) is 10.2 Å². The molecule has 0 saturated heterocycles. The van der Waals surface area contributed by atoms with Crippen molar-refractivity contribution >= 4 is 23.4 Å². The molecule has 0 radical (unpaired) electrons. The van der Waals surface area contributed by atoms with Crippen molar-refractivity contribution in [2.24, 2.45) is 0 Å². The van der Waals surface area contributed by atoms with Crippen LogP contribution in [0.25, 0.3) is 11.5 Å². The summed E-state index contributed by atoms with van der Waals surface area (Å²) in [5.74, 6) is 1.25. The fourth-order valence-corrected chi connectivity index (χ4v) is 3.71. The molecule has 0 bridgehead atoms. The van der Waals surface area contributed by atoms with Gasteiger partial charge in [0.2, 0.25) is 5.91 Å². The molecule has 0 fully saturated rings. The Bertz CT molecular complexity index is 1140. The van der Waals surface area contributed by atoms with Crippen molar-refractivity contribution < 1.29 is 13.6 Å². The smallest absolute Gasteiger partial charge is 0.277 e.